The van der Waals surface area contributed by atoms with E-state index in [2.05, 4.69) is 70.6 Å². The molecule has 10 heteroatoms. The van der Waals surface area contributed by atoms with Crippen molar-refractivity contribution in [3.63, 3.8) is 0 Å². The van der Waals surface area contributed by atoms with Gasteiger partial charge in [0.2, 0.25) is 0 Å². The van der Waals surface area contributed by atoms with E-state index in [1.165, 1.54) is 21.4 Å². The molecule has 4 heterocycles. The Labute approximate surface area is 234 Å². The van der Waals surface area contributed by atoms with Crippen LogP contribution in [0.15, 0.2) is 42.5 Å². The number of carboxylic acid groups (broad SMARTS) is 1. The largest absolute Gasteiger partial charge is 0.465 e. The Morgan fingerprint density at radius 3 is 2.83 bits per heavy atom. The summed E-state index contributed by atoms with van der Waals surface area (Å²) in [5.74, 6) is 0.801. The Balaban J connectivity index is 1.34. The zero-order valence-electron chi connectivity index (χ0n) is 22.8. The van der Waals surface area contributed by atoms with Gasteiger partial charge in [0, 0.05) is 48.4 Å². The second-order valence-electron chi connectivity index (χ2n) is 11.2. The molecule has 2 N–H and O–H groups in total. The number of hydrogen-bond donors (Lipinski definition) is 2. The molecule has 0 bridgehead atoms. The van der Waals surface area contributed by atoms with Gasteiger partial charge in [-0.1, -0.05) is 36.4 Å². The molecule has 2 fully saturated rings. The summed E-state index contributed by atoms with van der Waals surface area (Å²) in [6.45, 7) is 6.29. The number of rotatable bonds is 6. The third-order valence-electron chi connectivity index (χ3n) is 8.46. The molecule has 0 spiro atoms. The summed E-state index contributed by atoms with van der Waals surface area (Å²) in [6, 6.07) is 16.9. The van der Waals surface area contributed by atoms with Gasteiger partial charge in [-0.15, -0.1) is 0 Å². The molecule has 208 valence electrons. The lowest BCUT2D eigenvalue weighted by Crippen LogP contribution is -2.55. The molecule has 3 aliphatic rings. The minimum Gasteiger partial charge on any atom is -0.465 e. The molecule has 40 heavy (non-hydrogen) atoms. The minimum atomic E-state index is -0.989. The van der Waals surface area contributed by atoms with Gasteiger partial charge in [0.25, 0.3) is 0 Å². The third kappa shape index (κ3) is 5.09. The van der Waals surface area contributed by atoms with Crippen LogP contribution in [0.25, 0.3) is 10.8 Å². The van der Waals surface area contributed by atoms with Crippen molar-refractivity contribution >= 4 is 28.4 Å². The fourth-order valence-corrected chi connectivity index (χ4v) is 6.29. The van der Waals surface area contributed by atoms with E-state index >= 15 is 0 Å². The normalized spacial score (nSPS) is 22.7. The van der Waals surface area contributed by atoms with E-state index in [1.54, 1.807) is 0 Å². The second kappa shape index (κ2) is 10.8. The first-order chi connectivity index (χ1) is 19.4. The average molecular weight is 542 g/mol. The number of nitrogens with zero attached hydrogens (tertiary/aromatic N) is 6. The van der Waals surface area contributed by atoms with Crippen molar-refractivity contribution in [1.29, 1.82) is 5.26 Å². The summed E-state index contributed by atoms with van der Waals surface area (Å²) in [6.07, 6.45) is 2.06. The molecule has 0 radical (unpaired) electrons. The van der Waals surface area contributed by atoms with Gasteiger partial charge >= 0.3 is 12.1 Å². The third-order valence-corrected chi connectivity index (χ3v) is 8.46. The van der Waals surface area contributed by atoms with Crippen LogP contribution in [0, 0.1) is 11.3 Å². The fraction of sp³-hybridized carbons (Fsp3) is 0.467. The average Bonchev–Trinajstić information content (AvgIpc) is 3.41. The molecule has 2 saturated heterocycles. The highest BCUT2D eigenvalue weighted by molar-refractivity contribution is 5.94. The van der Waals surface area contributed by atoms with E-state index in [0.29, 0.717) is 38.8 Å². The number of aromatic nitrogens is 2. The minimum absolute atomic E-state index is 0.112. The lowest BCUT2D eigenvalue weighted by atomic mass is 10.0. The van der Waals surface area contributed by atoms with Gasteiger partial charge in [-0.25, -0.2) is 4.79 Å². The lowest BCUT2D eigenvalue weighted by molar-refractivity contribution is 0.119. The Hall–Kier alpha value is -4.10. The van der Waals surface area contributed by atoms with Crippen molar-refractivity contribution in [2.45, 2.75) is 50.7 Å². The van der Waals surface area contributed by atoms with Crippen molar-refractivity contribution in [2.75, 3.05) is 49.1 Å². The first-order valence-corrected chi connectivity index (χ1v) is 14.1. The van der Waals surface area contributed by atoms with Crippen molar-refractivity contribution in [1.82, 2.24) is 20.2 Å². The zero-order chi connectivity index (χ0) is 27.7. The standard InChI is InChI=1S/C30H35N7O3/c1-30(12-5-14-32-30)20-40-28-33-25-19-35(26-9-4-7-21-6-2-3-8-23(21)26)15-11-24(25)27(34-28)36-16-17-37(29(38)39)22(18-36)10-13-31/h2-4,6-9,22,32H,5,10-12,14-20H2,1H3,(H,38,39). The molecule has 1 aromatic heterocycles. The smallest absolute Gasteiger partial charge is 0.407 e. The fourth-order valence-electron chi connectivity index (χ4n) is 6.29. The Bertz CT molecular complexity index is 1440. The van der Waals surface area contributed by atoms with Crippen LogP contribution >= 0.6 is 0 Å². The first kappa shape index (κ1) is 26.1. The highest BCUT2D eigenvalue weighted by Gasteiger charge is 2.35. The van der Waals surface area contributed by atoms with Crippen molar-refractivity contribution in [3.8, 4) is 12.1 Å². The first-order valence-electron chi connectivity index (χ1n) is 14.1. The van der Waals surface area contributed by atoms with Crippen LogP contribution in [0.2, 0.25) is 0 Å². The molecule has 3 aromatic rings. The SMILES string of the molecule is CC1(COc2nc3c(c(N4CCN(C(=O)O)C(CC#N)C4)n2)CCN(c2cccc4ccccc24)C3)CCCN1. The van der Waals surface area contributed by atoms with Gasteiger partial charge in [0.05, 0.1) is 30.8 Å². The van der Waals surface area contributed by atoms with Crippen LogP contribution in [0.1, 0.15) is 37.4 Å². The highest BCUT2D eigenvalue weighted by Crippen LogP contribution is 2.35. The highest BCUT2D eigenvalue weighted by atomic mass is 16.5. The maximum atomic E-state index is 11.8. The number of carbonyl (C=O) groups is 1. The van der Waals surface area contributed by atoms with E-state index in [4.69, 9.17) is 14.7 Å². The van der Waals surface area contributed by atoms with E-state index in [0.717, 1.165) is 49.4 Å². The predicted octanol–water partition coefficient (Wildman–Crippen LogP) is 3.80. The van der Waals surface area contributed by atoms with Gasteiger partial charge in [0.15, 0.2) is 0 Å². The predicted molar refractivity (Wildman–Crippen MR) is 153 cm³/mol. The maximum Gasteiger partial charge on any atom is 0.407 e. The number of piperazine rings is 1. The monoisotopic (exact) mass is 541 g/mol. The number of amides is 1. The molecule has 1 amide bonds. The molecule has 0 aliphatic carbocycles. The summed E-state index contributed by atoms with van der Waals surface area (Å²) in [4.78, 5) is 27.5. The quantitative estimate of drug-likeness (QED) is 0.480. The molecular weight excluding hydrogens is 506 g/mol. The van der Waals surface area contributed by atoms with E-state index in [-0.39, 0.29) is 12.0 Å². The van der Waals surface area contributed by atoms with Gasteiger partial charge in [-0.05, 0) is 44.2 Å². The van der Waals surface area contributed by atoms with Crippen LogP contribution in [-0.4, -0.2) is 77.0 Å². The van der Waals surface area contributed by atoms with E-state index in [9.17, 15) is 15.2 Å². The summed E-state index contributed by atoms with van der Waals surface area (Å²) >= 11 is 0. The van der Waals surface area contributed by atoms with Crippen LogP contribution in [0.3, 0.4) is 0 Å². The van der Waals surface area contributed by atoms with Gasteiger partial charge in [-0.3, -0.25) is 0 Å². The van der Waals surface area contributed by atoms with Crippen molar-refractivity contribution < 1.29 is 14.6 Å². The topological polar surface area (TPSA) is 118 Å². The Morgan fingerprint density at radius 1 is 1.18 bits per heavy atom. The van der Waals surface area contributed by atoms with Gasteiger partial charge in [-0.2, -0.15) is 15.2 Å². The van der Waals surface area contributed by atoms with Gasteiger partial charge < -0.3 is 29.9 Å². The van der Waals surface area contributed by atoms with Gasteiger partial charge in [0.1, 0.15) is 12.4 Å². The molecule has 2 unspecified atom stereocenters. The number of nitriles is 1. The molecule has 10 nitrogen and oxygen atoms in total. The Kier molecular flexibility index (Phi) is 7.07. The summed E-state index contributed by atoms with van der Waals surface area (Å²) in [5, 5.41) is 25.0. The summed E-state index contributed by atoms with van der Waals surface area (Å²) < 4.78 is 6.25. The van der Waals surface area contributed by atoms with E-state index in [1.807, 2.05) is 0 Å². The summed E-state index contributed by atoms with van der Waals surface area (Å²) in [7, 11) is 0. The molecule has 2 atom stereocenters. The summed E-state index contributed by atoms with van der Waals surface area (Å²) in [5.41, 5.74) is 3.08. The molecule has 6 rings (SSSR count). The number of nitrogens with one attached hydrogen (secondary N) is 1. The van der Waals surface area contributed by atoms with Crippen LogP contribution in [0.5, 0.6) is 6.01 Å². The Morgan fingerprint density at radius 2 is 2.02 bits per heavy atom. The van der Waals surface area contributed by atoms with Crippen LogP contribution in [0.4, 0.5) is 16.3 Å². The zero-order valence-corrected chi connectivity index (χ0v) is 22.8. The maximum absolute atomic E-state index is 11.8. The van der Waals surface area contributed by atoms with Crippen LogP contribution in [-0.2, 0) is 13.0 Å². The van der Waals surface area contributed by atoms with Crippen molar-refractivity contribution in [2.24, 2.45) is 0 Å². The lowest BCUT2D eigenvalue weighted by Gasteiger charge is -2.41. The number of ether oxygens (including phenoxy) is 1. The number of anilines is 2. The molecule has 0 saturated carbocycles. The van der Waals surface area contributed by atoms with Crippen molar-refractivity contribution in [3.05, 3.63) is 53.7 Å². The number of fused-ring (bicyclic) bond motifs is 2. The number of hydrogen-bond acceptors (Lipinski definition) is 8. The van der Waals surface area contributed by atoms with Crippen LogP contribution < -0.4 is 19.9 Å². The second-order valence-corrected chi connectivity index (χ2v) is 11.2. The molecular formula is C30H35N7O3. The number of benzene rings is 2. The molecule has 3 aliphatic heterocycles. The van der Waals surface area contributed by atoms with E-state index < -0.39 is 12.1 Å². The molecule has 2 aromatic carbocycles.